The summed E-state index contributed by atoms with van der Waals surface area (Å²) in [6, 6.07) is -0.359. The summed E-state index contributed by atoms with van der Waals surface area (Å²) in [6.07, 6.45) is 3.44. The second-order valence-corrected chi connectivity index (χ2v) is 5.21. The van der Waals surface area contributed by atoms with Crippen LogP contribution in [0.2, 0.25) is 0 Å². The molecule has 0 aromatic carbocycles. The summed E-state index contributed by atoms with van der Waals surface area (Å²) >= 11 is 0. The molecule has 134 valence electrons. The molecule has 0 saturated carbocycles. The third-order valence-corrected chi connectivity index (χ3v) is 3.38. The van der Waals surface area contributed by atoms with Gasteiger partial charge in [-0.25, -0.2) is 0 Å². The van der Waals surface area contributed by atoms with Crippen molar-refractivity contribution in [1.29, 1.82) is 0 Å². The average molecular weight is 322 g/mol. The van der Waals surface area contributed by atoms with E-state index in [1.165, 1.54) is 12.8 Å². The van der Waals surface area contributed by atoms with Crippen molar-refractivity contribution in [3.05, 3.63) is 0 Å². The monoisotopic (exact) mass is 322 g/mol. The maximum Gasteiger partial charge on any atom is 0.320 e. The van der Waals surface area contributed by atoms with Crippen LogP contribution in [-0.4, -0.2) is 95.3 Å². The highest BCUT2D eigenvalue weighted by molar-refractivity contribution is 5.72. The van der Waals surface area contributed by atoms with Crippen LogP contribution in [-0.2, 0) is 4.79 Å². The lowest BCUT2D eigenvalue weighted by Crippen LogP contribution is -2.36. The van der Waals surface area contributed by atoms with Crippen LogP contribution in [0.5, 0.6) is 0 Å². The molecule has 1 atom stereocenters. The molecule has 1 unspecified atom stereocenters. The molecule has 0 aromatic heterocycles. The number of rotatable bonds is 12. The first-order valence-electron chi connectivity index (χ1n) is 7.92. The summed E-state index contributed by atoms with van der Waals surface area (Å²) in [7, 11) is 1.86. The van der Waals surface area contributed by atoms with Gasteiger partial charge in [0.15, 0.2) is 0 Å². The summed E-state index contributed by atoms with van der Waals surface area (Å²) in [5.41, 5.74) is 0. The number of nitrogens with zero attached hydrogens (tertiary/aromatic N) is 2. The van der Waals surface area contributed by atoms with Gasteiger partial charge < -0.3 is 20.4 Å². The number of aliphatic hydroxyl groups excluding tert-OH is 3. The number of likely N-dealkylation sites (N-methyl/N-ethyl adjacent to an activating group) is 1. The molecular formula is C15H34N2O5. The number of carboxylic acids is 1. The lowest BCUT2D eigenvalue weighted by Gasteiger charge is -2.20. The molecule has 0 aliphatic rings. The van der Waals surface area contributed by atoms with Crippen LogP contribution in [0.4, 0.5) is 0 Å². The van der Waals surface area contributed by atoms with Crippen LogP contribution < -0.4 is 0 Å². The summed E-state index contributed by atoms with van der Waals surface area (Å²) < 4.78 is 0. The van der Waals surface area contributed by atoms with E-state index in [4.69, 9.17) is 20.4 Å². The van der Waals surface area contributed by atoms with Crippen LogP contribution in [0.1, 0.15) is 33.1 Å². The number of hydrogen-bond acceptors (Lipinski definition) is 6. The zero-order chi connectivity index (χ0) is 17.4. The highest BCUT2D eigenvalue weighted by Gasteiger charge is 2.15. The fourth-order valence-electron chi connectivity index (χ4n) is 1.75. The molecule has 4 N–H and O–H groups in total. The lowest BCUT2D eigenvalue weighted by molar-refractivity contribution is -0.142. The topological polar surface area (TPSA) is 104 Å². The van der Waals surface area contributed by atoms with Crippen LogP contribution in [0.15, 0.2) is 0 Å². The minimum atomic E-state index is -0.742. The van der Waals surface area contributed by atoms with Gasteiger partial charge in [-0.05, 0) is 26.9 Å². The van der Waals surface area contributed by atoms with Crippen molar-refractivity contribution in [1.82, 2.24) is 9.80 Å². The zero-order valence-corrected chi connectivity index (χ0v) is 14.2. The van der Waals surface area contributed by atoms with E-state index in [1.807, 2.05) is 11.9 Å². The maximum atomic E-state index is 10.5. The lowest BCUT2D eigenvalue weighted by atomic mass is 10.2. The molecule has 0 aromatic rings. The fraction of sp³-hybridized carbons (Fsp3) is 0.933. The molecule has 7 nitrogen and oxygen atoms in total. The molecule has 0 spiro atoms. The standard InChI is InChI=1S/C9H19NO2.C6H15NO3/c1-4-5-6-7-10(3)8(2)9(11)12;8-4-1-7(2-5-9)3-6-10/h8H,4-7H2,1-3H3,(H,11,12);8-10H,1-6H2. The van der Waals surface area contributed by atoms with E-state index in [0.29, 0.717) is 19.6 Å². The summed E-state index contributed by atoms with van der Waals surface area (Å²) in [6.45, 7) is 6.49. The Morgan fingerprint density at radius 3 is 1.73 bits per heavy atom. The largest absolute Gasteiger partial charge is 0.480 e. The van der Waals surface area contributed by atoms with Gasteiger partial charge in [0.2, 0.25) is 0 Å². The first-order valence-corrected chi connectivity index (χ1v) is 7.92. The molecule has 0 heterocycles. The molecule has 0 saturated heterocycles. The van der Waals surface area contributed by atoms with Crippen LogP contribution >= 0.6 is 0 Å². The van der Waals surface area contributed by atoms with Gasteiger partial charge in [0, 0.05) is 19.6 Å². The van der Waals surface area contributed by atoms with Gasteiger partial charge in [0.1, 0.15) is 6.04 Å². The van der Waals surface area contributed by atoms with Crippen molar-refractivity contribution < 1.29 is 25.2 Å². The van der Waals surface area contributed by atoms with E-state index in [0.717, 1.165) is 13.0 Å². The fourth-order valence-corrected chi connectivity index (χ4v) is 1.75. The SMILES string of the molecule is CCCCCN(C)C(C)C(=O)O.OCCN(CCO)CCO. The highest BCUT2D eigenvalue weighted by Crippen LogP contribution is 2.00. The van der Waals surface area contributed by atoms with Gasteiger partial charge in [-0.2, -0.15) is 0 Å². The van der Waals surface area contributed by atoms with Crippen molar-refractivity contribution >= 4 is 5.97 Å². The predicted molar refractivity (Wildman–Crippen MR) is 87.0 cm³/mol. The maximum absolute atomic E-state index is 10.5. The minimum absolute atomic E-state index is 0.0694. The molecule has 0 amide bonds. The molecule has 22 heavy (non-hydrogen) atoms. The number of aliphatic carboxylic acids is 1. The zero-order valence-electron chi connectivity index (χ0n) is 14.2. The summed E-state index contributed by atoms with van der Waals surface area (Å²) in [4.78, 5) is 14.2. The molecule has 0 rings (SSSR count). The predicted octanol–water partition coefficient (Wildman–Crippen LogP) is -0.153. The van der Waals surface area contributed by atoms with E-state index in [-0.39, 0.29) is 25.9 Å². The van der Waals surface area contributed by atoms with Crippen molar-refractivity contribution in [2.45, 2.75) is 39.2 Å². The Balaban J connectivity index is 0. The molecule has 0 aliphatic heterocycles. The Kier molecular flexibility index (Phi) is 17.8. The molecular weight excluding hydrogens is 288 g/mol. The molecule has 0 bridgehead atoms. The first-order chi connectivity index (χ1) is 10.4. The number of carbonyl (C=O) groups is 1. The van der Waals surface area contributed by atoms with Gasteiger partial charge >= 0.3 is 5.97 Å². The second kappa shape index (κ2) is 16.6. The minimum Gasteiger partial charge on any atom is -0.480 e. The van der Waals surface area contributed by atoms with E-state index >= 15 is 0 Å². The Bertz CT molecular complexity index is 240. The molecule has 7 heteroatoms. The third-order valence-electron chi connectivity index (χ3n) is 3.38. The van der Waals surface area contributed by atoms with Crippen molar-refractivity contribution in [2.24, 2.45) is 0 Å². The van der Waals surface area contributed by atoms with Crippen molar-refractivity contribution in [3.63, 3.8) is 0 Å². The molecule has 0 aliphatic carbocycles. The normalized spacial score (nSPS) is 12.2. The highest BCUT2D eigenvalue weighted by atomic mass is 16.4. The number of hydrogen-bond donors (Lipinski definition) is 4. The van der Waals surface area contributed by atoms with Crippen molar-refractivity contribution in [3.8, 4) is 0 Å². The van der Waals surface area contributed by atoms with Crippen LogP contribution in [0.25, 0.3) is 0 Å². The van der Waals surface area contributed by atoms with Crippen molar-refractivity contribution in [2.75, 3.05) is 53.0 Å². The first kappa shape index (κ1) is 23.5. The van der Waals surface area contributed by atoms with E-state index in [9.17, 15) is 4.79 Å². The van der Waals surface area contributed by atoms with Gasteiger partial charge in [0.05, 0.1) is 19.8 Å². The van der Waals surface area contributed by atoms with E-state index in [2.05, 4.69) is 6.92 Å². The molecule has 0 fully saturated rings. The van der Waals surface area contributed by atoms with Gasteiger partial charge in [0.25, 0.3) is 0 Å². The summed E-state index contributed by atoms with van der Waals surface area (Å²) in [5, 5.41) is 34.1. The Morgan fingerprint density at radius 1 is 0.955 bits per heavy atom. The smallest absolute Gasteiger partial charge is 0.320 e. The van der Waals surface area contributed by atoms with E-state index in [1.54, 1.807) is 11.8 Å². The second-order valence-electron chi connectivity index (χ2n) is 5.21. The summed E-state index contributed by atoms with van der Waals surface area (Å²) in [5.74, 6) is -0.742. The number of carboxylic acid groups (broad SMARTS) is 1. The molecule has 0 radical (unpaired) electrons. The quantitative estimate of drug-likeness (QED) is 0.370. The van der Waals surface area contributed by atoms with Crippen LogP contribution in [0.3, 0.4) is 0 Å². The van der Waals surface area contributed by atoms with E-state index < -0.39 is 5.97 Å². The average Bonchev–Trinajstić information content (AvgIpc) is 2.48. The number of aliphatic hydroxyl groups is 3. The Labute approximate surface area is 134 Å². The third kappa shape index (κ3) is 14.2. The van der Waals surface area contributed by atoms with Gasteiger partial charge in [-0.15, -0.1) is 0 Å². The van der Waals surface area contributed by atoms with Crippen LogP contribution in [0, 0.1) is 0 Å². The van der Waals surface area contributed by atoms with Gasteiger partial charge in [-0.1, -0.05) is 19.8 Å². The van der Waals surface area contributed by atoms with Gasteiger partial charge in [-0.3, -0.25) is 14.6 Å². The number of unbranched alkanes of at least 4 members (excludes halogenated alkanes) is 2. The Hall–Kier alpha value is -0.730. The Morgan fingerprint density at radius 2 is 1.41 bits per heavy atom.